The number of para-hydroxylation sites is 1. The van der Waals surface area contributed by atoms with Crippen LogP contribution in [0.5, 0.6) is 0 Å². The number of benzene rings is 2. The number of nitrogens with one attached hydrogen (secondary N) is 1. The molecule has 2 heterocycles. The van der Waals surface area contributed by atoms with Gasteiger partial charge in [-0.15, -0.1) is 0 Å². The smallest absolute Gasteiger partial charge is 0.265 e. The van der Waals surface area contributed by atoms with E-state index in [4.69, 9.17) is 0 Å². The van der Waals surface area contributed by atoms with Crippen molar-refractivity contribution >= 4 is 51.3 Å². The van der Waals surface area contributed by atoms with Crippen LogP contribution in [-0.4, -0.2) is 49.4 Å². The van der Waals surface area contributed by atoms with Crippen molar-refractivity contribution in [2.75, 3.05) is 37.6 Å². The molecule has 1 N–H and O–H groups in total. The number of hydrogen-bond acceptors (Lipinski definition) is 4. The Balaban J connectivity index is 1.49. The summed E-state index contributed by atoms with van der Waals surface area (Å²) in [5.74, 6) is -0.278. The highest BCUT2D eigenvalue weighted by Gasteiger charge is 2.30. The zero-order valence-corrected chi connectivity index (χ0v) is 19.0. The van der Waals surface area contributed by atoms with Crippen LogP contribution in [0.25, 0.3) is 6.08 Å². The van der Waals surface area contributed by atoms with Crippen molar-refractivity contribution in [2.24, 2.45) is 0 Å². The molecule has 7 heteroatoms. The fourth-order valence-corrected chi connectivity index (χ4v) is 5.20. The van der Waals surface area contributed by atoms with Crippen molar-refractivity contribution in [3.05, 3.63) is 63.5 Å². The fourth-order valence-electron chi connectivity index (χ4n) is 3.73. The van der Waals surface area contributed by atoms with Gasteiger partial charge in [-0.1, -0.05) is 52.0 Å². The molecule has 0 saturated carbocycles. The minimum absolute atomic E-state index is 0.0201. The van der Waals surface area contributed by atoms with Crippen LogP contribution >= 0.6 is 27.7 Å². The molecule has 1 saturated heterocycles. The third-order valence-electron chi connectivity index (χ3n) is 5.23. The Bertz CT molecular complexity index is 972. The maximum atomic E-state index is 13.2. The molecule has 0 aliphatic carbocycles. The summed E-state index contributed by atoms with van der Waals surface area (Å²) in [6.45, 7) is 3.70. The summed E-state index contributed by atoms with van der Waals surface area (Å²) in [6.07, 6.45) is 4.35. The number of thioether (sulfide) groups is 1. The van der Waals surface area contributed by atoms with Gasteiger partial charge in [-0.3, -0.25) is 14.5 Å². The Kier molecular flexibility index (Phi) is 6.92. The third kappa shape index (κ3) is 5.14. The molecule has 2 amide bonds. The lowest BCUT2D eigenvalue weighted by Gasteiger charge is -2.30. The standard InChI is InChI=1S/C23H24BrN3O2S/c24-18-7-5-6-17(14-18)15-21-23(29)27(19-8-1-2-9-20(19)30-21)16-22(28)25-10-13-26-11-3-4-12-26/h1-2,5-9,14-15H,3-4,10-13,16H2,(H,25,28). The van der Waals surface area contributed by atoms with Crippen molar-refractivity contribution in [2.45, 2.75) is 17.7 Å². The summed E-state index contributed by atoms with van der Waals surface area (Å²) in [5.41, 5.74) is 1.73. The molecule has 0 radical (unpaired) electrons. The normalized spacial score (nSPS) is 18.0. The second kappa shape index (κ2) is 9.81. The largest absolute Gasteiger partial charge is 0.353 e. The molecule has 0 atom stereocenters. The molecule has 156 valence electrons. The Labute approximate surface area is 189 Å². The van der Waals surface area contributed by atoms with Crippen LogP contribution in [0.1, 0.15) is 18.4 Å². The third-order valence-corrected chi connectivity index (χ3v) is 6.80. The highest BCUT2D eigenvalue weighted by Crippen LogP contribution is 2.41. The number of fused-ring (bicyclic) bond motifs is 1. The first-order valence-electron chi connectivity index (χ1n) is 10.2. The van der Waals surface area contributed by atoms with Gasteiger partial charge in [-0.2, -0.15) is 0 Å². The van der Waals surface area contributed by atoms with Crippen LogP contribution in [0, 0.1) is 0 Å². The highest BCUT2D eigenvalue weighted by molar-refractivity contribution is 9.10. The topological polar surface area (TPSA) is 52.7 Å². The van der Waals surface area contributed by atoms with Crippen molar-refractivity contribution in [3.63, 3.8) is 0 Å². The Morgan fingerprint density at radius 1 is 1.13 bits per heavy atom. The van der Waals surface area contributed by atoms with E-state index in [2.05, 4.69) is 26.1 Å². The average molecular weight is 486 g/mol. The van der Waals surface area contributed by atoms with E-state index in [1.807, 2.05) is 54.6 Å². The van der Waals surface area contributed by atoms with E-state index in [1.54, 1.807) is 4.90 Å². The Morgan fingerprint density at radius 2 is 1.93 bits per heavy atom. The summed E-state index contributed by atoms with van der Waals surface area (Å²) < 4.78 is 0.958. The molecule has 1 fully saturated rings. The van der Waals surface area contributed by atoms with Crippen LogP contribution in [0.3, 0.4) is 0 Å². The molecule has 2 aromatic rings. The number of hydrogen-bond donors (Lipinski definition) is 1. The first-order valence-corrected chi connectivity index (χ1v) is 11.8. The van der Waals surface area contributed by atoms with Crippen LogP contribution in [0.15, 0.2) is 62.8 Å². The lowest BCUT2D eigenvalue weighted by atomic mass is 10.2. The van der Waals surface area contributed by atoms with Gasteiger partial charge < -0.3 is 10.2 Å². The second-order valence-electron chi connectivity index (χ2n) is 7.42. The predicted molar refractivity (Wildman–Crippen MR) is 125 cm³/mol. The Hall–Kier alpha value is -2.09. The van der Waals surface area contributed by atoms with Gasteiger partial charge in [0.25, 0.3) is 5.91 Å². The van der Waals surface area contributed by atoms with Crippen molar-refractivity contribution in [1.29, 1.82) is 0 Å². The molecule has 5 nitrogen and oxygen atoms in total. The lowest BCUT2D eigenvalue weighted by molar-refractivity contribution is -0.122. The van der Waals surface area contributed by atoms with E-state index in [9.17, 15) is 9.59 Å². The minimum atomic E-state index is -0.145. The predicted octanol–water partition coefficient (Wildman–Crippen LogP) is 4.14. The summed E-state index contributed by atoms with van der Waals surface area (Å²) >= 11 is 4.92. The molecule has 0 spiro atoms. The number of likely N-dealkylation sites (tertiary alicyclic amines) is 1. The van der Waals surface area contributed by atoms with Crippen LogP contribution < -0.4 is 10.2 Å². The lowest BCUT2D eigenvalue weighted by Crippen LogP contribution is -2.44. The van der Waals surface area contributed by atoms with E-state index in [-0.39, 0.29) is 18.4 Å². The first-order chi connectivity index (χ1) is 14.6. The molecule has 2 aromatic carbocycles. The Morgan fingerprint density at radius 3 is 2.73 bits per heavy atom. The molecule has 0 bridgehead atoms. The second-order valence-corrected chi connectivity index (χ2v) is 9.42. The number of nitrogens with zero attached hydrogens (tertiary/aromatic N) is 2. The number of anilines is 1. The van der Waals surface area contributed by atoms with Gasteiger partial charge in [0.05, 0.1) is 10.6 Å². The summed E-state index contributed by atoms with van der Waals surface area (Å²) in [6, 6.07) is 15.5. The first kappa shape index (κ1) is 21.2. The monoisotopic (exact) mass is 485 g/mol. The van der Waals surface area contributed by atoms with E-state index >= 15 is 0 Å². The van der Waals surface area contributed by atoms with Gasteiger partial charge in [-0.05, 0) is 61.8 Å². The van der Waals surface area contributed by atoms with Gasteiger partial charge in [-0.25, -0.2) is 0 Å². The number of carbonyl (C=O) groups is 2. The van der Waals surface area contributed by atoms with Crippen molar-refractivity contribution < 1.29 is 9.59 Å². The maximum absolute atomic E-state index is 13.2. The number of halogens is 1. The van der Waals surface area contributed by atoms with E-state index in [0.717, 1.165) is 40.3 Å². The summed E-state index contributed by atoms with van der Waals surface area (Å²) in [7, 11) is 0. The molecule has 0 aromatic heterocycles. The van der Waals surface area contributed by atoms with E-state index in [1.165, 1.54) is 24.6 Å². The quantitative estimate of drug-likeness (QED) is 0.624. The van der Waals surface area contributed by atoms with Crippen LogP contribution in [0.2, 0.25) is 0 Å². The van der Waals surface area contributed by atoms with Crippen LogP contribution in [0.4, 0.5) is 5.69 Å². The van der Waals surface area contributed by atoms with Gasteiger partial charge in [0, 0.05) is 22.5 Å². The molecule has 4 rings (SSSR count). The summed E-state index contributed by atoms with van der Waals surface area (Å²) in [4.78, 5) is 31.4. The summed E-state index contributed by atoms with van der Waals surface area (Å²) in [5, 5.41) is 2.97. The number of rotatable bonds is 6. The van der Waals surface area contributed by atoms with Gasteiger partial charge in [0.1, 0.15) is 6.54 Å². The van der Waals surface area contributed by atoms with Crippen molar-refractivity contribution in [1.82, 2.24) is 10.2 Å². The average Bonchev–Trinajstić information content (AvgIpc) is 3.25. The SMILES string of the molecule is O=C(CN1C(=O)C(=Cc2cccc(Br)c2)Sc2ccccc21)NCCN1CCCC1. The van der Waals surface area contributed by atoms with Gasteiger partial charge in [0.2, 0.25) is 5.91 Å². The van der Waals surface area contributed by atoms with Crippen molar-refractivity contribution in [3.8, 4) is 0 Å². The van der Waals surface area contributed by atoms with Crippen LogP contribution in [-0.2, 0) is 9.59 Å². The molecule has 2 aliphatic heterocycles. The zero-order valence-electron chi connectivity index (χ0n) is 16.6. The van der Waals surface area contributed by atoms with E-state index < -0.39 is 0 Å². The minimum Gasteiger partial charge on any atom is -0.353 e. The number of carbonyl (C=O) groups excluding carboxylic acids is 2. The molecule has 30 heavy (non-hydrogen) atoms. The van der Waals surface area contributed by atoms with Gasteiger partial charge >= 0.3 is 0 Å². The highest BCUT2D eigenvalue weighted by atomic mass is 79.9. The molecular formula is C23H24BrN3O2S. The molecule has 2 aliphatic rings. The maximum Gasteiger partial charge on any atom is 0.265 e. The molecule has 0 unspecified atom stereocenters. The fraction of sp³-hybridized carbons (Fsp3) is 0.304. The van der Waals surface area contributed by atoms with E-state index in [0.29, 0.717) is 11.4 Å². The number of amides is 2. The molecular weight excluding hydrogens is 462 g/mol. The van der Waals surface area contributed by atoms with Gasteiger partial charge in [0.15, 0.2) is 0 Å². The zero-order chi connectivity index (χ0) is 20.9.